The van der Waals surface area contributed by atoms with Gasteiger partial charge in [-0.3, -0.25) is 9.36 Å². The smallest absolute Gasteiger partial charge is 0.258 e. The van der Waals surface area contributed by atoms with Crippen molar-refractivity contribution in [3.8, 4) is 11.4 Å². The fourth-order valence-electron chi connectivity index (χ4n) is 3.90. The second-order valence-electron chi connectivity index (χ2n) is 8.05. The average molecular weight is 417 g/mol. The van der Waals surface area contributed by atoms with E-state index in [9.17, 15) is 9.18 Å². The standard InChI is InChI=1S/C25H24FN3O2/c1-2-12-29-23-14-20(9-10-22(23)27-25(29)18-5-6-18)28-13-11-21(15-24(28)30)31-16-17-3-7-19(26)8-4-17/h3-4,7-11,13-15,18H,2,5-6,12,16H2,1H3. The number of hydrogen-bond acceptors (Lipinski definition) is 3. The molecule has 0 atom stereocenters. The third-order valence-electron chi connectivity index (χ3n) is 5.64. The van der Waals surface area contributed by atoms with E-state index in [1.165, 1.54) is 36.9 Å². The summed E-state index contributed by atoms with van der Waals surface area (Å²) in [4.78, 5) is 17.6. The minimum atomic E-state index is -0.284. The summed E-state index contributed by atoms with van der Waals surface area (Å²) in [5.74, 6) is 1.94. The average Bonchev–Trinajstić information content (AvgIpc) is 3.56. The van der Waals surface area contributed by atoms with Crippen molar-refractivity contribution in [2.75, 3.05) is 0 Å². The molecule has 0 aliphatic heterocycles. The van der Waals surface area contributed by atoms with Gasteiger partial charge in [0.1, 0.15) is 24.0 Å². The number of rotatable bonds is 7. The molecule has 2 heterocycles. The molecule has 2 aromatic heterocycles. The minimum absolute atomic E-state index is 0.167. The molecule has 2 aromatic carbocycles. The SMILES string of the molecule is CCCn1c(C2CC2)nc2ccc(-n3ccc(OCc4ccc(F)cc4)cc3=O)cc21. The van der Waals surface area contributed by atoms with E-state index in [1.807, 2.05) is 18.2 Å². The van der Waals surface area contributed by atoms with Gasteiger partial charge in [0.15, 0.2) is 0 Å². The molecule has 0 saturated heterocycles. The van der Waals surface area contributed by atoms with Gasteiger partial charge in [-0.1, -0.05) is 19.1 Å². The van der Waals surface area contributed by atoms with Crippen molar-refractivity contribution in [3.05, 3.63) is 88.4 Å². The molecule has 0 unspecified atom stereocenters. The number of pyridine rings is 1. The van der Waals surface area contributed by atoms with Gasteiger partial charge in [0.05, 0.1) is 16.7 Å². The maximum atomic E-state index is 13.0. The number of benzene rings is 2. The van der Waals surface area contributed by atoms with E-state index in [-0.39, 0.29) is 18.0 Å². The second-order valence-corrected chi connectivity index (χ2v) is 8.05. The Hall–Kier alpha value is -3.41. The van der Waals surface area contributed by atoms with Crippen molar-refractivity contribution in [1.29, 1.82) is 0 Å². The lowest BCUT2D eigenvalue weighted by molar-refractivity contribution is 0.305. The Balaban J connectivity index is 1.42. The fraction of sp³-hybridized carbons (Fsp3) is 0.280. The zero-order valence-corrected chi connectivity index (χ0v) is 17.4. The van der Waals surface area contributed by atoms with Gasteiger partial charge < -0.3 is 9.30 Å². The predicted molar refractivity (Wildman–Crippen MR) is 118 cm³/mol. The number of nitrogens with zero attached hydrogens (tertiary/aromatic N) is 3. The van der Waals surface area contributed by atoms with Gasteiger partial charge in [-0.25, -0.2) is 9.37 Å². The molecule has 1 saturated carbocycles. The lowest BCUT2D eigenvalue weighted by Gasteiger charge is -2.10. The van der Waals surface area contributed by atoms with E-state index in [2.05, 4.69) is 11.5 Å². The Kier molecular flexibility index (Phi) is 5.06. The highest BCUT2D eigenvalue weighted by Gasteiger charge is 2.29. The van der Waals surface area contributed by atoms with Crippen molar-refractivity contribution in [2.45, 2.75) is 45.3 Å². The number of aromatic nitrogens is 3. The highest BCUT2D eigenvalue weighted by molar-refractivity contribution is 5.79. The van der Waals surface area contributed by atoms with Crippen LogP contribution >= 0.6 is 0 Å². The first-order valence-corrected chi connectivity index (χ1v) is 10.7. The number of ether oxygens (including phenoxy) is 1. The third kappa shape index (κ3) is 3.98. The van der Waals surface area contributed by atoms with E-state index in [0.29, 0.717) is 11.7 Å². The van der Waals surface area contributed by atoms with Crippen LogP contribution in [0.5, 0.6) is 5.75 Å². The zero-order valence-electron chi connectivity index (χ0n) is 17.4. The number of halogens is 1. The topological polar surface area (TPSA) is 49.0 Å². The van der Waals surface area contributed by atoms with E-state index >= 15 is 0 Å². The van der Waals surface area contributed by atoms with Gasteiger partial charge in [-0.15, -0.1) is 0 Å². The van der Waals surface area contributed by atoms with Crippen LogP contribution < -0.4 is 10.3 Å². The molecule has 1 aliphatic rings. The predicted octanol–water partition coefficient (Wildman–Crippen LogP) is 5.19. The van der Waals surface area contributed by atoms with E-state index < -0.39 is 0 Å². The largest absolute Gasteiger partial charge is 0.489 e. The lowest BCUT2D eigenvalue weighted by atomic mass is 10.2. The Morgan fingerprint density at radius 3 is 2.61 bits per heavy atom. The van der Waals surface area contributed by atoms with Crippen LogP contribution in [-0.2, 0) is 13.2 Å². The van der Waals surface area contributed by atoms with Crippen LogP contribution in [0, 0.1) is 5.82 Å². The van der Waals surface area contributed by atoms with Gasteiger partial charge in [0.2, 0.25) is 0 Å². The van der Waals surface area contributed by atoms with E-state index in [4.69, 9.17) is 9.72 Å². The minimum Gasteiger partial charge on any atom is -0.489 e. The summed E-state index contributed by atoms with van der Waals surface area (Å²) >= 11 is 0. The van der Waals surface area contributed by atoms with Crippen molar-refractivity contribution in [2.24, 2.45) is 0 Å². The van der Waals surface area contributed by atoms with E-state index in [0.717, 1.165) is 35.2 Å². The molecule has 0 spiro atoms. The Bertz CT molecular complexity index is 1290. The molecular weight excluding hydrogens is 393 g/mol. The first kappa shape index (κ1) is 19.5. The molecule has 5 rings (SSSR count). The van der Waals surface area contributed by atoms with Crippen LogP contribution in [0.25, 0.3) is 16.7 Å². The monoisotopic (exact) mass is 417 g/mol. The molecular formula is C25H24FN3O2. The third-order valence-corrected chi connectivity index (χ3v) is 5.64. The lowest BCUT2D eigenvalue weighted by Crippen LogP contribution is -2.16. The number of fused-ring (bicyclic) bond motifs is 1. The highest BCUT2D eigenvalue weighted by Crippen LogP contribution is 2.41. The Labute approximate surface area is 179 Å². The summed E-state index contributed by atoms with van der Waals surface area (Å²) in [7, 11) is 0. The molecule has 1 aliphatic carbocycles. The van der Waals surface area contributed by atoms with Gasteiger partial charge in [0.25, 0.3) is 5.56 Å². The zero-order chi connectivity index (χ0) is 21.4. The fourth-order valence-corrected chi connectivity index (χ4v) is 3.90. The summed E-state index contributed by atoms with van der Waals surface area (Å²) in [5.41, 5.74) is 3.53. The van der Waals surface area contributed by atoms with Gasteiger partial charge >= 0.3 is 0 Å². The van der Waals surface area contributed by atoms with Crippen LogP contribution in [0.1, 0.15) is 43.5 Å². The van der Waals surface area contributed by atoms with Crippen molar-refractivity contribution >= 4 is 11.0 Å². The quantitative estimate of drug-likeness (QED) is 0.416. The molecule has 1 fully saturated rings. The molecule has 0 radical (unpaired) electrons. The van der Waals surface area contributed by atoms with Gasteiger partial charge in [-0.2, -0.15) is 0 Å². The normalized spacial score (nSPS) is 13.6. The van der Waals surface area contributed by atoms with Crippen molar-refractivity contribution in [1.82, 2.24) is 14.1 Å². The van der Waals surface area contributed by atoms with Crippen LogP contribution in [-0.4, -0.2) is 14.1 Å². The molecule has 0 bridgehead atoms. The van der Waals surface area contributed by atoms with Crippen LogP contribution in [0.15, 0.2) is 65.6 Å². The van der Waals surface area contributed by atoms with Crippen LogP contribution in [0.2, 0.25) is 0 Å². The van der Waals surface area contributed by atoms with E-state index in [1.54, 1.807) is 29.0 Å². The van der Waals surface area contributed by atoms with Crippen LogP contribution in [0.4, 0.5) is 4.39 Å². The molecule has 0 amide bonds. The maximum Gasteiger partial charge on any atom is 0.258 e. The molecule has 31 heavy (non-hydrogen) atoms. The molecule has 0 N–H and O–H groups in total. The Morgan fingerprint density at radius 2 is 1.90 bits per heavy atom. The number of hydrogen-bond donors (Lipinski definition) is 0. The highest BCUT2D eigenvalue weighted by atomic mass is 19.1. The Morgan fingerprint density at radius 1 is 1.10 bits per heavy atom. The number of aryl methyl sites for hydroxylation is 1. The molecule has 158 valence electrons. The summed E-state index contributed by atoms with van der Waals surface area (Å²) in [6.45, 7) is 3.37. The van der Waals surface area contributed by atoms with Crippen LogP contribution in [0.3, 0.4) is 0 Å². The molecule has 4 aromatic rings. The summed E-state index contributed by atoms with van der Waals surface area (Å²) in [6.07, 6.45) is 5.18. The maximum absolute atomic E-state index is 13.0. The first-order valence-electron chi connectivity index (χ1n) is 10.7. The summed E-state index contributed by atoms with van der Waals surface area (Å²) < 4.78 is 22.7. The van der Waals surface area contributed by atoms with Gasteiger partial charge in [0, 0.05) is 24.7 Å². The second kappa shape index (κ2) is 8.02. The van der Waals surface area contributed by atoms with Gasteiger partial charge in [-0.05, 0) is 61.2 Å². The number of imidazole rings is 1. The van der Waals surface area contributed by atoms with Crippen molar-refractivity contribution in [3.63, 3.8) is 0 Å². The van der Waals surface area contributed by atoms with Crippen molar-refractivity contribution < 1.29 is 9.13 Å². The summed E-state index contributed by atoms with van der Waals surface area (Å²) in [5, 5.41) is 0. The summed E-state index contributed by atoms with van der Waals surface area (Å²) in [6, 6.07) is 15.3. The molecule has 6 heteroatoms. The molecule has 5 nitrogen and oxygen atoms in total. The first-order chi connectivity index (χ1) is 15.1.